The maximum Gasteiger partial charge on any atom is 0.182 e. The Morgan fingerprint density at radius 2 is 1.92 bits per heavy atom. The molecule has 11 heteroatoms. The van der Waals surface area contributed by atoms with Crippen LogP contribution in [0.25, 0.3) is 21.5 Å². The van der Waals surface area contributed by atoms with E-state index in [9.17, 15) is 12.8 Å². The second-order valence-corrected chi connectivity index (χ2v) is 12.1. The first-order valence-electron chi connectivity index (χ1n) is 11.7. The highest BCUT2D eigenvalue weighted by atomic mass is 32.2. The van der Waals surface area contributed by atoms with E-state index >= 15 is 4.39 Å². The van der Waals surface area contributed by atoms with Gasteiger partial charge in [0.1, 0.15) is 29.3 Å². The van der Waals surface area contributed by atoms with Gasteiger partial charge < -0.3 is 0 Å². The minimum Gasteiger partial charge on any atom is -0.260 e. The van der Waals surface area contributed by atoms with Crippen molar-refractivity contribution in [1.29, 1.82) is 0 Å². The average molecular weight is 548 g/mol. The number of benzene rings is 2. The second-order valence-electron chi connectivity index (χ2n) is 8.83. The molecule has 0 spiro atoms. The number of pyridine rings is 1. The molecule has 0 saturated carbocycles. The van der Waals surface area contributed by atoms with Gasteiger partial charge in [-0.1, -0.05) is 6.07 Å². The topological polar surface area (TPSA) is 98.1 Å². The molecule has 1 aliphatic rings. The summed E-state index contributed by atoms with van der Waals surface area (Å²) in [6, 6.07) is 10.4. The van der Waals surface area contributed by atoms with Gasteiger partial charge >= 0.3 is 0 Å². The number of nitrogens with zero attached hydrogens (tertiary/aromatic N) is 5. The van der Waals surface area contributed by atoms with Crippen LogP contribution in [0.15, 0.2) is 64.9 Å². The summed E-state index contributed by atoms with van der Waals surface area (Å²) >= 11 is 1.38. The number of rotatable bonds is 6. The SMILES string of the molecule is Cc1nc2ccc(S(=O)(=O)Cc3ccc(F)c(Cc4ncccc4-c4ncnc5c4N=CC5)c3F)cc2s1. The Kier molecular flexibility index (Phi) is 6.04. The molecule has 4 heterocycles. The van der Waals surface area contributed by atoms with E-state index in [0.29, 0.717) is 34.6 Å². The highest BCUT2D eigenvalue weighted by Crippen LogP contribution is 2.35. The summed E-state index contributed by atoms with van der Waals surface area (Å²) in [5, 5.41) is 0.816. The monoisotopic (exact) mass is 547 g/mol. The van der Waals surface area contributed by atoms with Gasteiger partial charge in [0.25, 0.3) is 0 Å². The number of aliphatic imine (C=N–C) groups is 1. The van der Waals surface area contributed by atoms with Crippen LogP contribution in [-0.4, -0.2) is 34.6 Å². The van der Waals surface area contributed by atoms with Crippen LogP contribution < -0.4 is 0 Å². The minimum absolute atomic E-state index is 0.0594. The van der Waals surface area contributed by atoms with Crippen molar-refractivity contribution in [3.8, 4) is 11.3 Å². The van der Waals surface area contributed by atoms with Gasteiger partial charge in [-0.25, -0.2) is 32.2 Å². The Morgan fingerprint density at radius 1 is 1.05 bits per heavy atom. The van der Waals surface area contributed by atoms with Crippen LogP contribution in [0.1, 0.15) is 27.5 Å². The summed E-state index contributed by atoms with van der Waals surface area (Å²) in [5.41, 5.74) is 3.19. The molecule has 0 atom stereocenters. The van der Waals surface area contributed by atoms with E-state index in [1.807, 2.05) is 6.92 Å². The number of aromatic nitrogens is 4. The van der Waals surface area contributed by atoms with Gasteiger partial charge in [-0.15, -0.1) is 11.3 Å². The van der Waals surface area contributed by atoms with E-state index in [-0.39, 0.29) is 22.4 Å². The molecule has 0 saturated heterocycles. The standard InChI is InChI=1S/C27H19F2N5O2S2/c1-15-34-21-7-5-17(11-24(21)37-15)38(35,36)13-16-4-6-20(28)19(25(16)29)12-23-18(3-2-9-30-23)26-27-22(8-10-31-27)32-14-33-26/h2-7,9-11,14H,8,12-13H2,1H3. The van der Waals surface area contributed by atoms with E-state index in [2.05, 4.69) is 24.9 Å². The van der Waals surface area contributed by atoms with Gasteiger partial charge in [-0.2, -0.15) is 0 Å². The van der Waals surface area contributed by atoms with Crippen LogP contribution in [0.5, 0.6) is 0 Å². The number of thiazole rings is 1. The lowest BCUT2D eigenvalue weighted by molar-refractivity contribution is 0.550. The van der Waals surface area contributed by atoms with Crippen molar-refractivity contribution in [3.63, 3.8) is 0 Å². The molecule has 6 rings (SSSR count). The maximum absolute atomic E-state index is 15.7. The highest BCUT2D eigenvalue weighted by molar-refractivity contribution is 7.90. The highest BCUT2D eigenvalue weighted by Gasteiger charge is 2.24. The normalized spacial score (nSPS) is 12.8. The average Bonchev–Trinajstić information content (AvgIpc) is 3.53. The number of hydrogen-bond donors (Lipinski definition) is 0. The Labute approximate surface area is 220 Å². The first-order valence-corrected chi connectivity index (χ1v) is 14.1. The molecule has 0 aliphatic carbocycles. The van der Waals surface area contributed by atoms with Crippen LogP contribution >= 0.6 is 11.3 Å². The van der Waals surface area contributed by atoms with E-state index in [0.717, 1.165) is 21.5 Å². The molecule has 0 bridgehead atoms. The van der Waals surface area contributed by atoms with E-state index in [1.54, 1.807) is 30.5 Å². The molecule has 0 N–H and O–H groups in total. The number of sulfone groups is 1. The molecule has 3 aromatic heterocycles. The Morgan fingerprint density at radius 3 is 2.79 bits per heavy atom. The lowest BCUT2D eigenvalue weighted by Gasteiger charge is -2.13. The van der Waals surface area contributed by atoms with Crippen LogP contribution in [0, 0.1) is 18.6 Å². The Balaban J connectivity index is 1.35. The third-order valence-electron chi connectivity index (χ3n) is 6.33. The summed E-state index contributed by atoms with van der Waals surface area (Å²) in [7, 11) is -3.91. The molecular formula is C27H19F2N5O2S2. The number of aryl methyl sites for hydroxylation is 1. The van der Waals surface area contributed by atoms with Gasteiger partial charge in [-0.3, -0.25) is 9.98 Å². The predicted octanol–water partition coefficient (Wildman–Crippen LogP) is 5.56. The summed E-state index contributed by atoms with van der Waals surface area (Å²) in [4.78, 5) is 21.7. The zero-order chi connectivity index (χ0) is 26.4. The van der Waals surface area contributed by atoms with E-state index in [1.165, 1.54) is 36.0 Å². The second kappa shape index (κ2) is 9.41. The molecule has 0 radical (unpaired) electrons. The smallest absolute Gasteiger partial charge is 0.182 e. The molecule has 190 valence electrons. The summed E-state index contributed by atoms with van der Waals surface area (Å²) in [5.74, 6) is -2.31. The minimum atomic E-state index is -3.91. The molecule has 0 amide bonds. The van der Waals surface area contributed by atoms with Gasteiger partial charge in [0.15, 0.2) is 9.84 Å². The predicted molar refractivity (Wildman–Crippen MR) is 142 cm³/mol. The van der Waals surface area contributed by atoms with E-state index < -0.39 is 27.2 Å². The first-order chi connectivity index (χ1) is 18.3. The van der Waals surface area contributed by atoms with Crippen LogP contribution in [-0.2, 0) is 28.4 Å². The quantitative estimate of drug-likeness (QED) is 0.276. The van der Waals surface area contributed by atoms with Crippen molar-refractivity contribution in [2.45, 2.75) is 30.4 Å². The van der Waals surface area contributed by atoms with Crippen molar-refractivity contribution < 1.29 is 17.2 Å². The molecule has 1 aliphatic heterocycles. The van der Waals surface area contributed by atoms with Gasteiger partial charge in [0, 0.05) is 41.9 Å². The maximum atomic E-state index is 15.7. The first kappa shape index (κ1) is 24.4. The summed E-state index contributed by atoms with van der Waals surface area (Å²) in [6.07, 6.45) is 5.07. The van der Waals surface area contributed by atoms with Crippen molar-refractivity contribution in [2.75, 3.05) is 0 Å². The zero-order valence-corrected chi connectivity index (χ0v) is 21.7. The molecular weight excluding hydrogens is 528 g/mol. The number of fused-ring (bicyclic) bond motifs is 2. The zero-order valence-electron chi connectivity index (χ0n) is 20.0. The van der Waals surface area contributed by atoms with Crippen LogP contribution in [0.3, 0.4) is 0 Å². The fourth-order valence-electron chi connectivity index (χ4n) is 4.50. The summed E-state index contributed by atoms with van der Waals surface area (Å²) in [6.45, 7) is 1.84. The van der Waals surface area contributed by atoms with Gasteiger partial charge in [0.2, 0.25) is 0 Å². The van der Waals surface area contributed by atoms with Crippen molar-refractivity contribution in [3.05, 3.63) is 94.1 Å². The van der Waals surface area contributed by atoms with Crippen molar-refractivity contribution >= 4 is 43.3 Å². The van der Waals surface area contributed by atoms with Gasteiger partial charge in [0.05, 0.1) is 37.3 Å². The van der Waals surface area contributed by atoms with Crippen molar-refractivity contribution in [1.82, 2.24) is 19.9 Å². The fraction of sp³-hybridized carbons (Fsp3) is 0.148. The molecule has 0 fully saturated rings. The Hall–Kier alpha value is -3.96. The third kappa shape index (κ3) is 4.37. The largest absolute Gasteiger partial charge is 0.260 e. The molecule has 38 heavy (non-hydrogen) atoms. The molecule has 5 aromatic rings. The molecule has 0 unspecified atom stereocenters. The van der Waals surface area contributed by atoms with Gasteiger partial charge in [-0.05, 0) is 43.3 Å². The van der Waals surface area contributed by atoms with Crippen molar-refractivity contribution in [2.24, 2.45) is 4.99 Å². The molecule has 2 aromatic carbocycles. The third-order valence-corrected chi connectivity index (χ3v) is 8.93. The number of hydrogen-bond acceptors (Lipinski definition) is 8. The fourth-order valence-corrected chi connectivity index (χ4v) is 6.82. The van der Waals surface area contributed by atoms with E-state index in [4.69, 9.17) is 0 Å². The molecule has 7 nitrogen and oxygen atoms in total. The van der Waals surface area contributed by atoms with Crippen LogP contribution in [0.2, 0.25) is 0 Å². The lowest BCUT2D eigenvalue weighted by atomic mass is 9.99. The Bertz CT molecular complexity index is 1870. The number of halogens is 2. The van der Waals surface area contributed by atoms with Crippen LogP contribution in [0.4, 0.5) is 14.5 Å². The lowest BCUT2D eigenvalue weighted by Crippen LogP contribution is -2.10. The summed E-state index contributed by atoms with van der Waals surface area (Å²) < 4.78 is 57.7.